The highest BCUT2D eigenvalue weighted by Gasteiger charge is 2.22. The van der Waals surface area contributed by atoms with E-state index >= 15 is 0 Å². The highest BCUT2D eigenvalue weighted by molar-refractivity contribution is 5.93. The zero-order chi connectivity index (χ0) is 13.8. The van der Waals surface area contributed by atoms with Crippen LogP contribution >= 0.6 is 0 Å². The number of hydrogen-bond acceptors (Lipinski definition) is 4. The Balaban J connectivity index is 2.56. The van der Waals surface area contributed by atoms with Gasteiger partial charge in [-0.25, -0.2) is 4.39 Å². The lowest BCUT2D eigenvalue weighted by Crippen LogP contribution is -2.47. The second-order valence-corrected chi connectivity index (χ2v) is 4.81. The van der Waals surface area contributed by atoms with Crippen LogP contribution in [0.5, 0.6) is 0 Å². The summed E-state index contributed by atoms with van der Waals surface area (Å²) >= 11 is 0. The average molecular weight is 255 g/mol. The number of nitrogens with one attached hydrogen (secondary N) is 1. The van der Waals surface area contributed by atoms with Crippen molar-refractivity contribution in [1.82, 2.24) is 15.2 Å². The van der Waals surface area contributed by atoms with Crippen LogP contribution in [0.1, 0.15) is 17.3 Å². The Morgan fingerprint density at radius 1 is 1.56 bits per heavy atom. The molecule has 0 aromatic carbocycles. The van der Waals surface area contributed by atoms with Crippen LogP contribution in [-0.4, -0.2) is 53.7 Å². The van der Waals surface area contributed by atoms with E-state index in [2.05, 4.69) is 10.3 Å². The summed E-state index contributed by atoms with van der Waals surface area (Å²) in [7, 11) is 3.65. The van der Waals surface area contributed by atoms with Crippen LogP contribution in [0, 0.1) is 5.82 Å². The quantitative estimate of drug-likeness (QED) is 0.792. The predicted octanol–water partition coefficient (Wildman–Crippen LogP) is 0.263. The lowest BCUT2D eigenvalue weighted by atomic mass is 10.1. The minimum Gasteiger partial charge on any atom is -0.387 e. The first-order valence-corrected chi connectivity index (χ1v) is 5.56. The summed E-state index contributed by atoms with van der Waals surface area (Å²) in [5.74, 6) is -1.02. The third-order valence-corrected chi connectivity index (χ3v) is 2.25. The van der Waals surface area contributed by atoms with Gasteiger partial charge in [0.05, 0.1) is 17.4 Å². The largest absolute Gasteiger partial charge is 0.387 e. The van der Waals surface area contributed by atoms with Gasteiger partial charge in [-0.1, -0.05) is 0 Å². The number of halogens is 1. The molecule has 2 N–H and O–H groups in total. The van der Waals surface area contributed by atoms with E-state index in [1.165, 1.54) is 6.20 Å². The molecule has 1 aromatic heterocycles. The molecule has 1 amide bonds. The Labute approximate surface area is 106 Å². The first-order chi connectivity index (χ1) is 8.30. The van der Waals surface area contributed by atoms with Gasteiger partial charge >= 0.3 is 0 Å². The third-order valence-electron chi connectivity index (χ3n) is 2.25. The number of pyridine rings is 1. The van der Waals surface area contributed by atoms with Gasteiger partial charge in [-0.05, 0) is 27.1 Å². The lowest BCUT2D eigenvalue weighted by Gasteiger charge is -2.27. The normalized spacial score (nSPS) is 14.3. The van der Waals surface area contributed by atoms with Gasteiger partial charge in [0.1, 0.15) is 5.82 Å². The molecule has 6 heteroatoms. The molecule has 0 radical (unpaired) electrons. The maximum Gasteiger partial charge on any atom is 0.253 e. The van der Waals surface area contributed by atoms with Crippen LogP contribution in [0.4, 0.5) is 4.39 Å². The number of likely N-dealkylation sites (N-methyl/N-ethyl adjacent to an activating group) is 1. The van der Waals surface area contributed by atoms with Crippen molar-refractivity contribution < 1.29 is 14.3 Å². The Bertz CT molecular complexity index is 422. The molecule has 5 nitrogen and oxygen atoms in total. The predicted molar refractivity (Wildman–Crippen MR) is 65.7 cm³/mol. The van der Waals surface area contributed by atoms with Crippen LogP contribution in [0.3, 0.4) is 0 Å². The first-order valence-electron chi connectivity index (χ1n) is 5.56. The number of carbonyl (C=O) groups is 1. The van der Waals surface area contributed by atoms with Crippen LogP contribution < -0.4 is 5.32 Å². The van der Waals surface area contributed by atoms with Gasteiger partial charge in [-0.15, -0.1) is 0 Å². The number of nitrogens with zero attached hydrogens (tertiary/aromatic N) is 2. The Morgan fingerprint density at radius 2 is 2.22 bits per heavy atom. The van der Waals surface area contributed by atoms with Crippen LogP contribution in [0.2, 0.25) is 0 Å². The SMILES string of the molecule is CN(C)CC(C)(O)CNC(=O)c1cncc(F)c1. The molecule has 0 spiro atoms. The minimum absolute atomic E-state index is 0.0839. The first kappa shape index (κ1) is 14.5. The van der Waals surface area contributed by atoms with Crippen LogP contribution in [0.15, 0.2) is 18.5 Å². The summed E-state index contributed by atoms with van der Waals surface area (Å²) in [6.07, 6.45) is 2.30. The molecule has 0 fully saturated rings. The highest BCUT2D eigenvalue weighted by Crippen LogP contribution is 2.04. The van der Waals surface area contributed by atoms with Crippen LogP contribution in [0.25, 0.3) is 0 Å². The molecule has 1 heterocycles. The molecule has 100 valence electrons. The van der Waals surface area contributed by atoms with Crippen molar-refractivity contribution in [3.8, 4) is 0 Å². The van der Waals surface area contributed by atoms with E-state index in [0.717, 1.165) is 12.3 Å². The molecule has 1 rings (SSSR count). The highest BCUT2D eigenvalue weighted by atomic mass is 19.1. The van der Waals surface area contributed by atoms with E-state index in [0.29, 0.717) is 6.54 Å². The number of amides is 1. The Kier molecular flexibility index (Phi) is 4.75. The molecule has 0 aliphatic heterocycles. The summed E-state index contributed by atoms with van der Waals surface area (Å²) in [6.45, 7) is 2.12. The number of aliphatic hydroxyl groups is 1. The molecule has 1 atom stereocenters. The van der Waals surface area contributed by atoms with E-state index in [4.69, 9.17) is 0 Å². The van der Waals surface area contributed by atoms with Crippen molar-refractivity contribution >= 4 is 5.91 Å². The molecule has 0 saturated carbocycles. The average Bonchev–Trinajstić information content (AvgIpc) is 2.24. The standard InChI is InChI=1S/C12H18FN3O2/c1-12(18,8-16(2)3)7-15-11(17)9-4-10(13)6-14-5-9/h4-6,18H,7-8H2,1-3H3,(H,15,17). The topological polar surface area (TPSA) is 65.5 Å². The monoisotopic (exact) mass is 255 g/mol. The van der Waals surface area contributed by atoms with Crippen molar-refractivity contribution in [2.24, 2.45) is 0 Å². The maximum atomic E-state index is 12.9. The molecular weight excluding hydrogens is 237 g/mol. The fourth-order valence-corrected chi connectivity index (χ4v) is 1.65. The molecule has 18 heavy (non-hydrogen) atoms. The van der Waals surface area contributed by atoms with Gasteiger partial charge in [0.15, 0.2) is 0 Å². The zero-order valence-corrected chi connectivity index (χ0v) is 10.8. The second kappa shape index (κ2) is 5.88. The van der Waals surface area contributed by atoms with E-state index in [-0.39, 0.29) is 12.1 Å². The number of carbonyl (C=O) groups excluding carboxylic acids is 1. The van der Waals surface area contributed by atoms with Gasteiger partial charge in [-0.3, -0.25) is 9.78 Å². The summed E-state index contributed by atoms with van der Waals surface area (Å²) in [5.41, 5.74) is -0.907. The molecule has 1 unspecified atom stereocenters. The van der Waals surface area contributed by atoms with Crippen molar-refractivity contribution in [1.29, 1.82) is 0 Å². The number of rotatable bonds is 5. The maximum absolute atomic E-state index is 12.9. The Morgan fingerprint density at radius 3 is 2.78 bits per heavy atom. The smallest absolute Gasteiger partial charge is 0.253 e. The van der Waals surface area contributed by atoms with Crippen molar-refractivity contribution in [2.45, 2.75) is 12.5 Å². The summed E-state index contributed by atoms with van der Waals surface area (Å²) in [6, 6.07) is 1.10. The van der Waals surface area contributed by atoms with Gasteiger partial charge in [0.2, 0.25) is 0 Å². The number of hydrogen-bond donors (Lipinski definition) is 2. The summed E-state index contributed by atoms with van der Waals surface area (Å²) in [5, 5.41) is 12.5. The fourth-order valence-electron chi connectivity index (χ4n) is 1.65. The summed E-state index contributed by atoms with van der Waals surface area (Å²) in [4.78, 5) is 17.1. The zero-order valence-electron chi connectivity index (χ0n) is 10.8. The van der Waals surface area contributed by atoms with Gasteiger partial charge < -0.3 is 15.3 Å². The van der Waals surface area contributed by atoms with Gasteiger partial charge in [0, 0.05) is 19.3 Å². The van der Waals surface area contributed by atoms with E-state index in [1.54, 1.807) is 6.92 Å². The molecule has 0 aliphatic carbocycles. The van der Waals surface area contributed by atoms with Crippen LogP contribution in [-0.2, 0) is 0 Å². The van der Waals surface area contributed by atoms with E-state index < -0.39 is 17.3 Å². The van der Waals surface area contributed by atoms with Crippen molar-refractivity contribution in [3.63, 3.8) is 0 Å². The molecular formula is C12H18FN3O2. The van der Waals surface area contributed by atoms with E-state index in [9.17, 15) is 14.3 Å². The van der Waals surface area contributed by atoms with Gasteiger partial charge in [-0.2, -0.15) is 0 Å². The Hall–Kier alpha value is -1.53. The molecule has 0 aliphatic rings. The number of aromatic nitrogens is 1. The minimum atomic E-state index is -1.04. The lowest BCUT2D eigenvalue weighted by molar-refractivity contribution is 0.0326. The summed E-state index contributed by atoms with van der Waals surface area (Å²) < 4.78 is 12.9. The van der Waals surface area contributed by atoms with Crippen molar-refractivity contribution in [2.75, 3.05) is 27.2 Å². The van der Waals surface area contributed by atoms with E-state index in [1.807, 2.05) is 19.0 Å². The molecule has 1 aromatic rings. The van der Waals surface area contributed by atoms with Crippen molar-refractivity contribution in [3.05, 3.63) is 29.8 Å². The third kappa shape index (κ3) is 4.77. The second-order valence-electron chi connectivity index (χ2n) is 4.81. The van der Waals surface area contributed by atoms with Gasteiger partial charge in [0.25, 0.3) is 5.91 Å². The molecule has 0 bridgehead atoms. The molecule has 0 saturated heterocycles. The fraction of sp³-hybridized carbons (Fsp3) is 0.500.